The highest BCUT2D eigenvalue weighted by molar-refractivity contribution is 7.78. The molecule has 2 N–H and O–H groups in total. The number of thiol groups is 1. The third-order valence-corrected chi connectivity index (χ3v) is 1.47. The molecule has 0 saturated heterocycles. The Morgan fingerprint density at radius 2 is 2.00 bits per heavy atom. The first-order valence-electron chi connectivity index (χ1n) is 3.03. The maximum Gasteiger partial charge on any atom is 0.0721 e. The standard InChI is InChI=1S/C6H15NOS/c1-6(2,3)5(8)4-7-9/h5,7-9H,4H2,1-3H3. The van der Waals surface area contributed by atoms with E-state index in [0.717, 1.165) is 0 Å². The molecule has 0 aliphatic heterocycles. The molecule has 0 aromatic heterocycles. The Balaban J connectivity index is 3.59. The van der Waals surface area contributed by atoms with Gasteiger partial charge in [0.2, 0.25) is 0 Å². The molecule has 0 fully saturated rings. The van der Waals surface area contributed by atoms with Crippen LogP contribution in [0, 0.1) is 5.41 Å². The summed E-state index contributed by atoms with van der Waals surface area (Å²) >= 11 is 3.78. The summed E-state index contributed by atoms with van der Waals surface area (Å²) in [6.45, 7) is 6.50. The minimum atomic E-state index is -0.324. The first kappa shape index (κ1) is 9.27. The normalized spacial score (nSPS) is 15.7. The maximum absolute atomic E-state index is 9.27. The summed E-state index contributed by atoms with van der Waals surface area (Å²) in [5.41, 5.74) is -0.0459. The largest absolute Gasteiger partial charge is 0.391 e. The smallest absolute Gasteiger partial charge is 0.0721 e. The zero-order valence-electron chi connectivity index (χ0n) is 6.18. The van der Waals surface area contributed by atoms with Crippen molar-refractivity contribution in [3.63, 3.8) is 0 Å². The number of hydrogen-bond acceptors (Lipinski definition) is 3. The lowest BCUT2D eigenvalue weighted by Gasteiger charge is -2.24. The molecule has 2 nitrogen and oxygen atoms in total. The van der Waals surface area contributed by atoms with Crippen LogP contribution in [-0.2, 0) is 0 Å². The van der Waals surface area contributed by atoms with E-state index in [1.165, 1.54) is 0 Å². The summed E-state index contributed by atoms with van der Waals surface area (Å²) < 4.78 is 2.62. The van der Waals surface area contributed by atoms with Crippen LogP contribution in [0.1, 0.15) is 20.8 Å². The number of aliphatic hydroxyl groups excluding tert-OH is 1. The van der Waals surface area contributed by atoms with E-state index in [4.69, 9.17) is 0 Å². The average molecular weight is 149 g/mol. The predicted octanol–water partition coefficient (Wildman–Crippen LogP) is 0.828. The second-order valence-electron chi connectivity index (χ2n) is 3.24. The Morgan fingerprint density at radius 3 is 2.11 bits per heavy atom. The van der Waals surface area contributed by atoms with Gasteiger partial charge in [-0.05, 0) is 5.41 Å². The van der Waals surface area contributed by atoms with Crippen LogP contribution in [-0.4, -0.2) is 17.8 Å². The summed E-state index contributed by atoms with van der Waals surface area (Å²) in [5.74, 6) is 0. The summed E-state index contributed by atoms with van der Waals surface area (Å²) in [6.07, 6.45) is -0.324. The topological polar surface area (TPSA) is 32.3 Å². The molecule has 0 radical (unpaired) electrons. The number of rotatable bonds is 2. The van der Waals surface area contributed by atoms with Gasteiger partial charge in [-0.1, -0.05) is 33.6 Å². The lowest BCUT2D eigenvalue weighted by Crippen LogP contribution is -2.33. The van der Waals surface area contributed by atoms with Gasteiger partial charge >= 0.3 is 0 Å². The molecule has 0 bridgehead atoms. The van der Waals surface area contributed by atoms with Gasteiger partial charge in [0.15, 0.2) is 0 Å². The third kappa shape index (κ3) is 3.78. The highest BCUT2D eigenvalue weighted by Gasteiger charge is 2.20. The predicted molar refractivity (Wildman–Crippen MR) is 42.5 cm³/mol. The Hall–Kier alpha value is 0.270. The molecule has 0 heterocycles. The minimum absolute atomic E-state index is 0.0459. The van der Waals surface area contributed by atoms with E-state index in [1.54, 1.807) is 0 Å². The molecule has 1 atom stereocenters. The zero-order valence-corrected chi connectivity index (χ0v) is 7.07. The van der Waals surface area contributed by atoms with Crippen molar-refractivity contribution in [3.8, 4) is 0 Å². The second kappa shape index (κ2) is 3.44. The Labute approximate surface area is 62.2 Å². The first-order chi connectivity index (χ1) is 3.98. The van der Waals surface area contributed by atoms with Crippen LogP contribution in [0.5, 0.6) is 0 Å². The molecule has 0 aliphatic carbocycles. The summed E-state index contributed by atoms with van der Waals surface area (Å²) in [7, 11) is 0. The lowest BCUT2D eigenvalue weighted by atomic mass is 9.89. The van der Waals surface area contributed by atoms with Crippen LogP contribution >= 0.6 is 12.8 Å². The molecule has 56 valence electrons. The van der Waals surface area contributed by atoms with Gasteiger partial charge in [-0.2, -0.15) is 0 Å². The molecule has 9 heavy (non-hydrogen) atoms. The average Bonchev–Trinajstić information content (AvgIpc) is 1.64. The maximum atomic E-state index is 9.27. The molecule has 0 saturated carbocycles. The Kier molecular flexibility index (Phi) is 3.54. The van der Waals surface area contributed by atoms with E-state index in [1.807, 2.05) is 20.8 Å². The van der Waals surface area contributed by atoms with Crippen molar-refractivity contribution in [2.24, 2.45) is 5.41 Å². The highest BCUT2D eigenvalue weighted by Crippen LogP contribution is 2.17. The number of hydrogen-bond donors (Lipinski definition) is 3. The fourth-order valence-electron chi connectivity index (χ4n) is 0.393. The van der Waals surface area contributed by atoms with Gasteiger partial charge in [-0.25, -0.2) is 0 Å². The van der Waals surface area contributed by atoms with E-state index in [2.05, 4.69) is 17.5 Å². The van der Waals surface area contributed by atoms with Gasteiger partial charge in [0.25, 0.3) is 0 Å². The second-order valence-corrected chi connectivity index (χ2v) is 3.56. The molecule has 0 spiro atoms. The molecule has 3 heteroatoms. The van der Waals surface area contributed by atoms with Crippen molar-refractivity contribution < 1.29 is 5.11 Å². The van der Waals surface area contributed by atoms with Crippen molar-refractivity contribution in [1.29, 1.82) is 0 Å². The van der Waals surface area contributed by atoms with Gasteiger partial charge < -0.3 is 5.11 Å². The quantitative estimate of drug-likeness (QED) is 0.508. The Bertz CT molecular complexity index is 79.6. The summed E-state index contributed by atoms with van der Waals surface area (Å²) in [5, 5.41) is 9.27. The van der Waals surface area contributed by atoms with Gasteiger partial charge in [0.05, 0.1) is 6.10 Å². The summed E-state index contributed by atoms with van der Waals surface area (Å²) in [6, 6.07) is 0. The molecule has 0 aromatic rings. The van der Waals surface area contributed by atoms with E-state index in [-0.39, 0.29) is 11.5 Å². The van der Waals surface area contributed by atoms with E-state index >= 15 is 0 Å². The molecular weight excluding hydrogens is 134 g/mol. The number of aliphatic hydroxyl groups is 1. The molecule has 0 rings (SSSR count). The molecule has 0 aliphatic rings. The fourth-order valence-corrected chi connectivity index (χ4v) is 0.566. The van der Waals surface area contributed by atoms with Crippen LogP contribution in [0.3, 0.4) is 0 Å². The van der Waals surface area contributed by atoms with Crippen LogP contribution in [0.15, 0.2) is 0 Å². The fraction of sp³-hybridized carbons (Fsp3) is 1.00. The van der Waals surface area contributed by atoms with Crippen molar-refractivity contribution in [2.75, 3.05) is 6.54 Å². The van der Waals surface area contributed by atoms with Gasteiger partial charge in [-0.15, -0.1) is 0 Å². The van der Waals surface area contributed by atoms with E-state index < -0.39 is 0 Å². The molecule has 1 unspecified atom stereocenters. The first-order valence-corrected chi connectivity index (χ1v) is 3.48. The van der Waals surface area contributed by atoms with Crippen LogP contribution in [0.4, 0.5) is 0 Å². The van der Waals surface area contributed by atoms with Crippen molar-refractivity contribution >= 4 is 12.8 Å². The SMILES string of the molecule is CC(C)(C)C(O)CNS. The molecule has 0 aromatic carbocycles. The zero-order chi connectivity index (χ0) is 7.49. The minimum Gasteiger partial charge on any atom is -0.391 e. The summed E-state index contributed by atoms with van der Waals surface area (Å²) in [4.78, 5) is 0. The van der Waals surface area contributed by atoms with Gasteiger partial charge in [-0.3, -0.25) is 4.72 Å². The Morgan fingerprint density at radius 1 is 1.56 bits per heavy atom. The van der Waals surface area contributed by atoms with Crippen LogP contribution < -0.4 is 4.72 Å². The highest BCUT2D eigenvalue weighted by atomic mass is 32.1. The van der Waals surface area contributed by atoms with Gasteiger partial charge in [0, 0.05) is 6.54 Å². The van der Waals surface area contributed by atoms with Crippen LogP contribution in [0.2, 0.25) is 0 Å². The van der Waals surface area contributed by atoms with Gasteiger partial charge in [0.1, 0.15) is 0 Å². The van der Waals surface area contributed by atoms with Crippen molar-refractivity contribution in [1.82, 2.24) is 4.72 Å². The number of nitrogens with one attached hydrogen (secondary N) is 1. The van der Waals surface area contributed by atoms with E-state index in [9.17, 15) is 5.11 Å². The molecular formula is C6H15NOS. The monoisotopic (exact) mass is 149 g/mol. The van der Waals surface area contributed by atoms with E-state index in [0.29, 0.717) is 6.54 Å². The molecule has 0 amide bonds. The van der Waals surface area contributed by atoms with Crippen molar-refractivity contribution in [2.45, 2.75) is 26.9 Å². The third-order valence-electron chi connectivity index (χ3n) is 1.28. The lowest BCUT2D eigenvalue weighted by molar-refractivity contribution is 0.0684. The van der Waals surface area contributed by atoms with Crippen LogP contribution in [0.25, 0.3) is 0 Å². The van der Waals surface area contributed by atoms with Crippen molar-refractivity contribution in [3.05, 3.63) is 0 Å².